The van der Waals surface area contributed by atoms with Crippen molar-refractivity contribution < 1.29 is 13.5 Å². The molecular formula is C21H30FIN4O2. The van der Waals surface area contributed by atoms with Crippen LogP contribution in [0.15, 0.2) is 45.8 Å². The third-order valence-electron chi connectivity index (χ3n) is 4.69. The van der Waals surface area contributed by atoms with Crippen LogP contribution >= 0.6 is 24.0 Å². The Morgan fingerprint density at radius 1 is 1.21 bits per heavy atom. The van der Waals surface area contributed by atoms with Gasteiger partial charge in [0.1, 0.15) is 17.3 Å². The molecule has 29 heavy (non-hydrogen) atoms. The number of hydrogen-bond donors (Lipinski definition) is 2. The number of aryl methyl sites for hydroxylation is 1. The number of furan rings is 1. The second kappa shape index (κ2) is 12.1. The van der Waals surface area contributed by atoms with Crippen molar-refractivity contribution in [2.45, 2.75) is 26.4 Å². The maximum absolute atomic E-state index is 13.4. The number of rotatable bonds is 7. The van der Waals surface area contributed by atoms with Gasteiger partial charge in [-0.15, -0.1) is 24.0 Å². The standard InChI is InChI=1S/C21H29FN4O2.HI/c1-3-23-21(24-14-17-5-4-6-18(22)13-17)25-15-19(20-8-7-16(2)28-20)26-9-11-27-12-10-26;/h4-8,13,19H,3,9-12,14-15H2,1-2H3,(H2,23,24,25);1H. The molecule has 1 aromatic carbocycles. The summed E-state index contributed by atoms with van der Waals surface area (Å²) in [4.78, 5) is 6.96. The summed E-state index contributed by atoms with van der Waals surface area (Å²) in [5, 5.41) is 6.67. The molecule has 1 aliphatic heterocycles. The lowest BCUT2D eigenvalue weighted by atomic mass is 10.1. The Labute approximate surface area is 188 Å². The number of ether oxygens (including phenoxy) is 1. The minimum Gasteiger partial charge on any atom is -0.465 e. The van der Waals surface area contributed by atoms with Crippen LogP contribution in [0.3, 0.4) is 0 Å². The van der Waals surface area contributed by atoms with Crippen molar-refractivity contribution in [3.8, 4) is 0 Å². The van der Waals surface area contributed by atoms with E-state index in [2.05, 4.69) is 20.5 Å². The average molecular weight is 516 g/mol. The van der Waals surface area contributed by atoms with Gasteiger partial charge in [0.2, 0.25) is 0 Å². The molecule has 3 rings (SSSR count). The molecule has 160 valence electrons. The Balaban J connectivity index is 0.00000300. The molecule has 0 saturated carbocycles. The Morgan fingerprint density at radius 2 is 2.00 bits per heavy atom. The molecule has 1 saturated heterocycles. The molecule has 0 aliphatic carbocycles. The number of aliphatic imine (C=N–C) groups is 1. The van der Waals surface area contributed by atoms with E-state index < -0.39 is 0 Å². The first-order valence-corrected chi connectivity index (χ1v) is 9.80. The Morgan fingerprint density at radius 3 is 2.66 bits per heavy atom. The monoisotopic (exact) mass is 516 g/mol. The maximum Gasteiger partial charge on any atom is 0.191 e. The molecule has 0 spiro atoms. The summed E-state index contributed by atoms with van der Waals surface area (Å²) in [6.07, 6.45) is 0. The second-order valence-corrected chi connectivity index (χ2v) is 6.82. The summed E-state index contributed by atoms with van der Waals surface area (Å²) < 4.78 is 24.8. The van der Waals surface area contributed by atoms with E-state index in [9.17, 15) is 4.39 Å². The van der Waals surface area contributed by atoms with Crippen LogP contribution in [0.1, 0.15) is 30.0 Å². The first kappa shape index (κ1) is 23.6. The highest BCUT2D eigenvalue weighted by atomic mass is 127. The third-order valence-corrected chi connectivity index (χ3v) is 4.69. The van der Waals surface area contributed by atoms with Crippen molar-refractivity contribution in [2.75, 3.05) is 39.4 Å². The smallest absolute Gasteiger partial charge is 0.191 e. The highest BCUT2D eigenvalue weighted by Gasteiger charge is 2.25. The first-order chi connectivity index (χ1) is 13.7. The topological polar surface area (TPSA) is 62.0 Å². The van der Waals surface area contributed by atoms with E-state index in [1.54, 1.807) is 6.07 Å². The van der Waals surface area contributed by atoms with Gasteiger partial charge >= 0.3 is 0 Å². The second-order valence-electron chi connectivity index (χ2n) is 6.82. The van der Waals surface area contributed by atoms with Gasteiger partial charge in [-0.1, -0.05) is 12.1 Å². The predicted molar refractivity (Wildman–Crippen MR) is 123 cm³/mol. The minimum absolute atomic E-state index is 0. The van der Waals surface area contributed by atoms with Crippen LogP contribution in [0.4, 0.5) is 4.39 Å². The fourth-order valence-corrected chi connectivity index (χ4v) is 3.27. The molecule has 1 aromatic heterocycles. The lowest BCUT2D eigenvalue weighted by Gasteiger charge is -2.33. The SMILES string of the molecule is CCNC(=NCc1cccc(F)c1)NCC(c1ccc(C)o1)N1CCOCC1.I. The van der Waals surface area contributed by atoms with Crippen molar-refractivity contribution in [1.82, 2.24) is 15.5 Å². The molecule has 1 unspecified atom stereocenters. The zero-order valence-electron chi connectivity index (χ0n) is 17.0. The number of nitrogens with one attached hydrogen (secondary N) is 2. The molecule has 0 amide bonds. The van der Waals surface area contributed by atoms with Gasteiger partial charge < -0.3 is 19.8 Å². The number of morpholine rings is 1. The summed E-state index contributed by atoms with van der Waals surface area (Å²) in [5.74, 6) is 2.30. The van der Waals surface area contributed by atoms with E-state index in [1.807, 2.05) is 32.0 Å². The fourth-order valence-electron chi connectivity index (χ4n) is 3.27. The summed E-state index contributed by atoms with van der Waals surface area (Å²) in [6.45, 7) is 8.97. The predicted octanol–water partition coefficient (Wildman–Crippen LogP) is 3.47. The van der Waals surface area contributed by atoms with Gasteiger partial charge in [0, 0.05) is 26.2 Å². The van der Waals surface area contributed by atoms with E-state index in [4.69, 9.17) is 9.15 Å². The minimum atomic E-state index is -0.244. The van der Waals surface area contributed by atoms with Crippen LogP contribution < -0.4 is 10.6 Å². The summed E-state index contributed by atoms with van der Waals surface area (Å²) in [7, 11) is 0. The number of halogens is 2. The molecule has 2 N–H and O–H groups in total. The van der Waals surface area contributed by atoms with Crippen LogP contribution in [-0.4, -0.2) is 50.3 Å². The van der Waals surface area contributed by atoms with Gasteiger partial charge in [-0.2, -0.15) is 0 Å². The zero-order chi connectivity index (χ0) is 19.8. The quantitative estimate of drug-likeness (QED) is 0.336. The van der Waals surface area contributed by atoms with Crippen molar-refractivity contribution in [1.29, 1.82) is 0 Å². The molecule has 8 heteroatoms. The lowest BCUT2D eigenvalue weighted by molar-refractivity contribution is 0.0124. The molecule has 1 aliphatic rings. The zero-order valence-corrected chi connectivity index (χ0v) is 19.3. The average Bonchev–Trinajstić information content (AvgIpc) is 3.13. The van der Waals surface area contributed by atoms with Crippen LogP contribution in [-0.2, 0) is 11.3 Å². The first-order valence-electron chi connectivity index (χ1n) is 9.80. The van der Waals surface area contributed by atoms with Crippen molar-refractivity contribution in [2.24, 2.45) is 4.99 Å². The Hall–Kier alpha value is -1.65. The van der Waals surface area contributed by atoms with E-state index in [1.165, 1.54) is 12.1 Å². The van der Waals surface area contributed by atoms with Gasteiger partial charge in [-0.25, -0.2) is 9.38 Å². The van der Waals surface area contributed by atoms with Crippen molar-refractivity contribution in [3.63, 3.8) is 0 Å². The largest absolute Gasteiger partial charge is 0.465 e. The summed E-state index contributed by atoms with van der Waals surface area (Å²) in [6, 6.07) is 10.6. The third kappa shape index (κ3) is 7.27. The van der Waals surface area contributed by atoms with Gasteiger partial charge in [0.25, 0.3) is 0 Å². The highest BCUT2D eigenvalue weighted by molar-refractivity contribution is 14.0. The summed E-state index contributed by atoms with van der Waals surface area (Å²) >= 11 is 0. The molecule has 2 heterocycles. The van der Waals surface area contributed by atoms with E-state index >= 15 is 0 Å². The van der Waals surface area contributed by atoms with E-state index in [-0.39, 0.29) is 35.8 Å². The molecule has 0 radical (unpaired) electrons. The Kier molecular flexibility index (Phi) is 9.89. The number of benzene rings is 1. The molecule has 0 bridgehead atoms. The number of guanidine groups is 1. The number of nitrogens with zero attached hydrogens (tertiary/aromatic N) is 2. The van der Waals surface area contributed by atoms with E-state index in [0.717, 1.165) is 49.9 Å². The van der Waals surface area contributed by atoms with Crippen LogP contribution in [0.25, 0.3) is 0 Å². The van der Waals surface area contributed by atoms with Crippen molar-refractivity contribution >= 4 is 29.9 Å². The summed E-state index contributed by atoms with van der Waals surface area (Å²) in [5.41, 5.74) is 0.837. The molecule has 1 fully saturated rings. The Bertz CT molecular complexity index is 778. The number of hydrogen-bond acceptors (Lipinski definition) is 4. The van der Waals surface area contributed by atoms with E-state index in [0.29, 0.717) is 19.0 Å². The van der Waals surface area contributed by atoms with Gasteiger partial charge in [-0.3, -0.25) is 4.90 Å². The fraction of sp³-hybridized carbons (Fsp3) is 0.476. The van der Waals surface area contributed by atoms with Gasteiger partial charge in [-0.05, 0) is 43.7 Å². The normalized spacial score (nSPS) is 16.2. The molecule has 6 nitrogen and oxygen atoms in total. The van der Waals surface area contributed by atoms with Gasteiger partial charge in [0.15, 0.2) is 5.96 Å². The molecule has 1 atom stereocenters. The van der Waals surface area contributed by atoms with Crippen molar-refractivity contribution in [3.05, 3.63) is 59.3 Å². The van der Waals surface area contributed by atoms with Gasteiger partial charge in [0.05, 0.1) is 25.8 Å². The lowest BCUT2D eigenvalue weighted by Crippen LogP contribution is -2.46. The molecule has 2 aromatic rings. The molecular weight excluding hydrogens is 486 g/mol. The highest BCUT2D eigenvalue weighted by Crippen LogP contribution is 2.23. The van der Waals surface area contributed by atoms with Crippen LogP contribution in [0.2, 0.25) is 0 Å². The van der Waals surface area contributed by atoms with Crippen LogP contribution in [0.5, 0.6) is 0 Å². The van der Waals surface area contributed by atoms with Crippen LogP contribution in [0, 0.1) is 12.7 Å². The maximum atomic E-state index is 13.4.